The lowest BCUT2D eigenvalue weighted by atomic mass is 9.64. The fraction of sp³-hybridized carbons (Fsp3) is 0.500. The average Bonchev–Trinajstić information content (AvgIpc) is 3.38. The summed E-state index contributed by atoms with van der Waals surface area (Å²) in [6.45, 7) is 0.162. The molecule has 2 saturated carbocycles. The van der Waals surface area contributed by atoms with Crippen molar-refractivity contribution in [1.29, 1.82) is 0 Å². The molecule has 0 bridgehead atoms. The van der Waals surface area contributed by atoms with Crippen molar-refractivity contribution in [3.05, 3.63) is 71.3 Å². The van der Waals surface area contributed by atoms with Gasteiger partial charge in [-0.2, -0.15) is 0 Å². The van der Waals surface area contributed by atoms with Crippen molar-refractivity contribution >= 4 is 11.8 Å². The molecular weight excluding hydrogens is 412 g/mol. The Kier molecular flexibility index (Phi) is 6.24. The second-order valence-electron chi connectivity index (χ2n) is 9.97. The third-order valence-corrected chi connectivity index (χ3v) is 8.06. The fourth-order valence-electron chi connectivity index (χ4n) is 6.57. The summed E-state index contributed by atoms with van der Waals surface area (Å²) in [6, 6.07) is 17.3. The molecule has 33 heavy (non-hydrogen) atoms. The van der Waals surface area contributed by atoms with Gasteiger partial charge in [-0.25, -0.2) is 0 Å². The van der Waals surface area contributed by atoms with E-state index in [1.807, 2.05) is 54.6 Å². The van der Waals surface area contributed by atoms with E-state index in [2.05, 4.69) is 10.2 Å². The second-order valence-corrected chi connectivity index (χ2v) is 9.97. The van der Waals surface area contributed by atoms with Gasteiger partial charge in [-0.15, -0.1) is 0 Å². The molecule has 2 fully saturated rings. The number of aliphatic hydroxyl groups excluding tert-OH is 1. The van der Waals surface area contributed by atoms with E-state index in [4.69, 9.17) is 0 Å². The van der Waals surface area contributed by atoms with Gasteiger partial charge in [-0.1, -0.05) is 80.6 Å². The number of rotatable bonds is 5. The van der Waals surface area contributed by atoms with Gasteiger partial charge in [0.1, 0.15) is 0 Å². The maximum absolute atomic E-state index is 13.9. The molecule has 2 atom stereocenters. The van der Waals surface area contributed by atoms with Gasteiger partial charge in [-0.05, 0) is 42.9 Å². The monoisotopic (exact) mass is 446 g/mol. The first-order valence-corrected chi connectivity index (χ1v) is 12.5. The molecule has 2 aromatic rings. The van der Waals surface area contributed by atoms with Crippen LogP contribution in [0.15, 0.2) is 54.6 Å². The Hall–Kier alpha value is -2.66. The van der Waals surface area contributed by atoms with Crippen LogP contribution in [0, 0.1) is 0 Å². The predicted octanol–water partition coefficient (Wildman–Crippen LogP) is 4.72. The molecule has 2 aliphatic carbocycles. The fourth-order valence-corrected chi connectivity index (χ4v) is 6.57. The molecular formula is C28H34N2O3. The topological polar surface area (TPSA) is 69.6 Å². The smallest absolute Gasteiger partial charge is 0.254 e. The molecule has 5 heteroatoms. The second kappa shape index (κ2) is 9.30. The molecule has 0 unspecified atom stereocenters. The lowest BCUT2D eigenvalue weighted by Gasteiger charge is -2.56. The Bertz CT molecular complexity index is 993. The summed E-state index contributed by atoms with van der Waals surface area (Å²) in [5, 5.41) is 13.7. The van der Waals surface area contributed by atoms with Crippen molar-refractivity contribution in [1.82, 2.24) is 10.2 Å². The Labute approximate surface area is 196 Å². The molecule has 1 aliphatic heterocycles. The minimum Gasteiger partial charge on any atom is -0.387 e. The first kappa shape index (κ1) is 22.1. The highest BCUT2D eigenvalue weighted by atomic mass is 16.3. The van der Waals surface area contributed by atoms with Crippen LogP contribution in [0.3, 0.4) is 0 Å². The maximum atomic E-state index is 13.9. The van der Waals surface area contributed by atoms with Gasteiger partial charge >= 0.3 is 0 Å². The van der Waals surface area contributed by atoms with E-state index in [0.717, 1.165) is 68.9 Å². The van der Waals surface area contributed by atoms with Gasteiger partial charge in [0, 0.05) is 18.2 Å². The summed E-state index contributed by atoms with van der Waals surface area (Å²) in [4.78, 5) is 29.9. The van der Waals surface area contributed by atoms with E-state index in [9.17, 15) is 14.7 Å². The van der Waals surface area contributed by atoms with Gasteiger partial charge in [0.25, 0.3) is 5.91 Å². The lowest BCUT2D eigenvalue weighted by Crippen LogP contribution is -2.65. The van der Waals surface area contributed by atoms with E-state index >= 15 is 0 Å². The van der Waals surface area contributed by atoms with Crippen LogP contribution in [-0.4, -0.2) is 39.9 Å². The molecule has 3 aliphatic rings. The molecule has 5 rings (SSSR count). The molecule has 174 valence electrons. The van der Waals surface area contributed by atoms with E-state index in [0.29, 0.717) is 5.56 Å². The molecule has 0 saturated heterocycles. The standard InChI is InChI=1S/C28H34N2O3/c31-24(20-11-3-1-4-12-20)19-29-26(32)25-22-15-7-8-16-23(22)27(33)30(21-13-5-6-14-21)28(25)17-9-2-10-18-28/h1,3-4,7-8,11-12,15-16,21,24-25,31H,2,5-6,9-10,13-14,17-19H2,(H,29,32)/t24-,25-/m0/s1. The number of hydrogen-bond donors (Lipinski definition) is 2. The highest BCUT2D eigenvalue weighted by Crippen LogP contribution is 2.51. The first-order chi connectivity index (χ1) is 16.1. The minimum atomic E-state index is -0.760. The molecule has 1 spiro atoms. The zero-order valence-corrected chi connectivity index (χ0v) is 19.2. The van der Waals surface area contributed by atoms with E-state index in [1.165, 1.54) is 0 Å². The van der Waals surface area contributed by atoms with E-state index in [-0.39, 0.29) is 24.4 Å². The van der Waals surface area contributed by atoms with Crippen LogP contribution in [-0.2, 0) is 4.79 Å². The van der Waals surface area contributed by atoms with Crippen LogP contribution in [0.2, 0.25) is 0 Å². The SMILES string of the molecule is O=C(NC[C@H](O)c1ccccc1)[C@@H]1c2ccccc2C(=O)N(C2CCCC2)C12CCCCC2. The normalized spacial score (nSPS) is 23.4. The maximum Gasteiger partial charge on any atom is 0.254 e. The zero-order valence-electron chi connectivity index (χ0n) is 19.2. The van der Waals surface area contributed by atoms with Crippen molar-refractivity contribution in [3.8, 4) is 0 Å². The Morgan fingerprint density at radius 3 is 2.36 bits per heavy atom. The van der Waals surface area contributed by atoms with E-state index < -0.39 is 17.6 Å². The van der Waals surface area contributed by atoms with Crippen LogP contribution in [0.1, 0.15) is 91.3 Å². The zero-order chi connectivity index (χ0) is 22.8. The highest BCUT2D eigenvalue weighted by molar-refractivity contribution is 6.02. The number of carbonyl (C=O) groups excluding carboxylic acids is 2. The molecule has 0 radical (unpaired) electrons. The summed E-state index contributed by atoms with van der Waals surface area (Å²) in [7, 11) is 0. The Morgan fingerprint density at radius 1 is 0.970 bits per heavy atom. The summed E-state index contributed by atoms with van der Waals surface area (Å²) in [6.07, 6.45) is 8.53. The van der Waals surface area contributed by atoms with Gasteiger partial charge in [-0.3, -0.25) is 9.59 Å². The third kappa shape index (κ3) is 3.97. The van der Waals surface area contributed by atoms with Gasteiger partial charge in [0.15, 0.2) is 0 Å². The predicted molar refractivity (Wildman–Crippen MR) is 128 cm³/mol. The Balaban J connectivity index is 1.50. The number of fused-ring (bicyclic) bond motifs is 1. The number of aliphatic hydroxyl groups is 1. The van der Waals surface area contributed by atoms with Crippen molar-refractivity contribution in [2.24, 2.45) is 0 Å². The van der Waals surface area contributed by atoms with Crippen molar-refractivity contribution < 1.29 is 14.7 Å². The van der Waals surface area contributed by atoms with Gasteiger partial charge in [0.2, 0.25) is 5.91 Å². The van der Waals surface area contributed by atoms with Gasteiger partial charge < -0.3 is 15.3 Å². The lowest BCUT2D eigenvalue weighted by molar-refractivity contribution is -0.128. The summed E-state index contributed by atoms with van der Waals surface area (Å²) >= 11 is 0. The molecule has 2 N–H and O–H groups in total. The van der Waals surface area contributed by atoms with Gasteiger partial charge in [0.05, 0.1) is 17.6 Å². The average molecular weight is 447 g/mol. The minimum absolute atomic E-state index is 0.0742. The van der Waals surface area contributed by atoms with Crippen molar-refractivity contribution in [2.75, 3.05) is 6.54 Å². The van der Waals surface area contributed by atoms with Crippen LogP contribution in [0.4, 0.5) is 0 Å². The Morgan fingerprint density at radius 2 is 1.64 bits per heavy atom. The summed E-state index contributed by atoms with van der Waals surface area (Å²) in [5.74, 6) is -0.377. The van der Waals surface area contributed by atoms with E-state index in [1.54, 1.807) is 0 Å². The number of nitrogens with zero attached hydrogens (tertiary/aromatic N) is 1. The van der Waals surface area contributed by atoms with Crippen molar-refractivity contribution in [2.45, 2.75) is 81.4 Å². The number of benzene rings is 2. The van der Waals surface area contributed by atoms with Crippen LogP contribution >= 0.6 is 0 Å². The third-order valence-electron chi connectivity index (χ3n) is 8.06. The summed E-state index contributed by atoms with van der Waals surface area (Å²) in [5.41, 5.74) is 1.84. The quantitative estimate of drug-likeness (QED) is 0.698. The number of nitrogens with one attached hydrogen (secondary N) is 1. The van der Waals surface area contributed by atoms with Crippen LogP contribution in [0.5, 0.6) is 0 Å². The first-order valence-electron chi connectivity index (χ1n) is 12.5. The highest BCUT2D eigenvalue weighted by Gasteiger charge is 2.56. The van der Waals surface area contributed by atoms with Crippen LogP contribution < -0.4 is 5.32 Å². The molecule has 2 aromatic carbocycles. The summed E-state index contributed by atoms with van der Waals surface area (Å²) < 4.78 is 0. The van der Waals surface area contributed by atoms with Crippen molar-refractivity contribution in [3.63, 3.8) is 0 Å². The molecule has 5 nitrogen and oxygen atoms in total. The molecule has 2 amide bonds. The number of carbonyl (C=O) groups is 2. The number of amides is 2. The molecule has 0 aromatic heterocycles. The molecule has 1 heterocycles. The van der Waals surface area contributed by atoms with Crippen LogP contribution in [0.25, 0.3) is 0 Å². The number of hydrogen-bond acceptors (Lipinski definition) is 3. The largest absolute Gasteiger partial charge is 0.387 e.